The van der Waals surface area contributed by atoms with Gasteiger partial charge in [0.2, 0.25) is 10.0 Å². The summed E-state index contributed by atoms with van der Waals surface area (Å²) in [5, 5.41) is 41.6. The van der Waals surface area contributed by atoms with E-state index in [0.29, 0.717) is 0 Å². The number of nitrogens with one attached hydrogen (secondary N) is 2. The third-order valence-electron chi connectivity index (χ3n) is 18.1. The quantitative estimate of drug-likeness (QED) is 0.0401. The number of ketones is 1. The van der Waals surface area contributed by atoms with E-state index in [1.54, 1.807) is 55.4 Å². The standard InChI is InChI=1S/C65H101N5O22S/c1-35(2)28-50(71)88-56-42(9)55(37(4)34-84-63-59(82-15)58(81-14)52(72)45(12)87-63)90-61(75)44(11)57(89-51-29-38(5)69(33-40(7)85-51)27-26-67-93(79,80)49-25-21-20-24-48(49)70(77)78)41(8)54(91-62-53(73)47(68-83-16)30-39(6)86-62)36(3)31-65(13,60(74)43(56)10)92-64(76)66-32-46-22-18-17-19-23-46/h17-25,35-45,51-59,62-63,67,72-73H,26-34H2,1-16H3,(H,66,76)/t36-,37?,38?,39+,40-,41+,42-,43+,44+,45+,51-,52+,53+,54-,55+,56+,57-,58+,59+,62-,63+,65-/m0/s1. The first-order valence-electron chi connectivity index (χ1n) is 32.2. The first kappa shape index (κ1) is 76.7. The number of esters is 2. The van der Waals surface area contributed by atoms with Crippen LogP contribution in [0.3, 0.4) is 0 Å². The van der Waals surface area contributed by atoms with Crippen molar-refractivity contribution in [3.8, 4) is 0 Å². The highest BCUT2D eigenvalue weighted by Crippen LogP contribution is 2.41. The number of benzene rings is 2. The monoisotopic (exact) mass is 1340 g/mol. The molecule has 0 spiro atoms. The van der Waals surface area contributed by atoms with Crippen LogP contribution >= 0.6 is 0 Å². The van der Waals surface area contributed by atoms with Gasteiger partial charge in [0.1, 0.15) is 43.7 Å². The van der Waals surface area contributed by atoms with Gasteiger partial charge in [0.25, 0.3) is 5.69 Å². The molecule has 4 fully saturated rings. The van der Waals surface area contributed by atoms with Gasteiger partial charge in [0, 0.05) is 89.5 Å². The van der Waals surface area contributed by atoms with Crippen LogP contribution in [0.25, 0.3) is 0 Å². The second-order valence-electron chi connectivity index (χ2n) is 26.2. The highest BCUT2D eigenvalue weighted by atomic mass is 32.2. The molecule has 0 aliphatic carbocycles. The molecule has 0 aromatic heterocycles. The number of hydrogen-bond acceptors (Lipinski definition) is 24. The number of nitrogens with zero attached hydrogens (tertiary/aromatic N) is 3. The number of carbonyl (C=O) groups excluding carboxylic acids is 4. The number of methoxy groups -OCH3 is 2. The van der Waals surface area contributed by atoms with Crippen molar-refractivity contribution < 1.29 is 99.7 Å². The highest BCUT2D eigenvalue weighted by Gasteiger charge is 2.53. The average molecular weight is 1340 g/mol. The molecular formula is C65H101N5O22S. The molecule has 4 saturated heterocycles. The molecule has 22 atom stereocenters. The molecule has 4 aliphatic heterocycles. The van der Waals surface area contributed by atoms with Crippen molar-refractivity contribution in [2.75, 3.05) is 47.6 Å². The number of hydrogen-bond donors (Lipinski definition) is 4. The molecule has 0 saturated carbocycles. The van der Waals surface area contributed by atoms with Gasteiger partial charge < -0.3 is 72.5 Å². The van der Waals surface area contributed by atoms with Crippen molar-refractivity contribution >= 4 is 45.2 Å². The van der Waals surface area contributed by atoms with Crippen molar-refractivity contribution in [2.45, 2.75) is 225 Å². The van der Waals surface area contributed by atoms with Crippen molar-refractivity contribution in [2.24, 2.45) is 46.6 Å². The third-order valence-corrected chi connectivity index (χ3v) is 19.6. The van der Waals surface area contributed by atoms with Crippen LogP contribution in [-0.2, 0) is 87.9 Å². The highest BCUT2D eigenvalue weighted by molar-refractivity contribution is 7.89. The number of aliphatic hydroxyl groups is 2. The lowest BCUT2D eigenvalue weighted by Crippen LogP contribution is -2.59. The van der Waals surface area contributed by atoms with E-state index in [9.17, 15) is 38.3 Å². The molecule has 524 valence electrons. The maximum absolute atomic E-state index is 16.0. The van der Waals surface area contributed by atoms with Crippen molar-refractivity contribution in [1.29, 1.82) is 0 Å². The fraction of sp³-hybridized carbons (Fsp3) is 0.738. The van der Waals surface area contributed by atoms with Crippen LogP contribution in [0.5, 0.6) is 0 Å². The fourth-order valence-electron chi connectivity index (χ4n) is 13.2. The Balaban J connectivity index is 1.47. The van der Waals surface area contributed by atoms with Gasteiger partial charge in [0.05, 0.1) is 59.6 Å². The minimum Gasteiger partial charge on any atom is -0.461 e. The fourth-order valence-corrected chi connectivity index (χ4v) is 14.4. The lowest BCUT2D eigenvalue weighted by Gasteiger charge is -2.45. The third kappa shape index (κ3) is 20.1. The molecule has 4 aliphatic rings. The number of aliphatic hydroxyl groups excluding tert-OH is 2. The first-order chi connectivity index (χ1) is 43.8. The SMILES string of the molecule is CON=C1C[C@@H](C)O[C@@H](O[C@@H]2[C@@H](C)[C@H](O[C@H]3CC(C)N(CCNS(=O)(=O)c4ccccc4[N+](=O)[O-])C[C@H](C)O3)[C@@H](C)C(=O)O[C@H](C(C)CO[C@@H]3O[C@H](C)[C@@H](O)[C@@H](OC)[C@H]3OC)[C@H](C)[C@@H](OC(=O)CC(C)C)[C@@H](C)C(=O)[C@@](C)(OC(=O)NCc3ccccc3)C[C@@H]2C)[C@@H]1O. The molecule has 0 bridgehead atoms. The van der Waals surface area contributed by atoms with Crippen molar-refractivity contribution in [3.63, 3.8) is 0 Å². The number of carbonyl (C=O) groups is 4. The molecular weight excluding hydrogens is 1230 g/mol. The number of sulfonamides is 1. The van der Waals surface area contributed by atoms with E-state index in [1.165, 1.54) is 40.4 Å². The lowest BCUT2D eigenvalue weighted by molar-refractivity contribution is -0.387. The molecule has 28 heteroatoms. The van der Waals surface area contributed by atoms with Gasteiger partial charge in [-0.25, -0.2) is 17.9 Å². The molecule has 93 heavy (non-hydrogen) atoms. The summed E-state index contributed by atoms with van der Waals surface area (Å²) in [7, 11) is -0.125. The Bertz CT molecular complexity index is 2910. The van der Waals surface area contributed by atoms with E-state index in [4.69, 9.17) is 56.9 Å². The number of ether oxygens (including phenoxy) is 11. The summed E-state index contributed by atoms with van der Waals surface area (Å²) in [5.74, 6) is -8.32. The Hall–Kier alpha value is -5.34. The number of nitro groups is 1. The first-order valence-corrected chi connectivity index (χ1v) is 33.7. The maximum atomic E-state index is 16.0. The molecule has 27 nitrogen and oxygen atoms in total. The van der Waals surface area contributed by atoms with Crippen LogP contribution in [0, 0.1) is 51.5 Å². The van der Waals surface area contributed by atoms with Gasteiger partial charge in [-0.15, -0.1) is 0 Å². The Labute approximate surface area is 547 Å². The van der Waals surface area contributed by atoms with Gasteiger partial charge in [-0.05, 0) is 71.4 Å². The van der Waals surface area contributed by atoms with Crippen LogP contribution in [0.4, 0.5) is 10.5 Å². The molecule has 4 heterocycles. The Morgan fingerprint density at radius 3 is 2.14 bits per heavy atom. The van der Waals surface area contributed by atoms with Crippen LogP contribution < -0.4 is 10.0 Å². The minimum absolute atomic E-state index is 0.0371. The summed E-state index contributed by atoms with van der Waals surface area (Å²) >= 11 is 0. The second-order valence-corrected chi connectivity index (χ2v) is 27.9. The van der Waals surface area contributed by atoms with Crippen LogP contribution in [-0.4, -0.2) is 203 Å². The van der Waals surface area contributed by atoms with E-state index in [-0.39, 0.29) is 76.1 Å². The van der Waals surface area contributed by atoms with E-state index in [2.05, 4.69) is 15.2 Å². The average Bonchev–Trinajstić information content (AvgIpc) is 1.45. The van der Waals surface area contributed by atoms with E-state index >= 15 is 9.59 Å². The largest absolute Gasteiger partial charge is 0.461 e. The lowest BCUT2D eigenvalue weighted by atomic mass is 9.74. The number of amides is 1. The zero-order chi connectivity index (χ0) is 68.8. The van der Waals surface area contributed by atoms with Gasteiger partial charge in [-0.2, -0.15) is 0 Å². The zero-order valence-corrected chi connectivity index (χ0v) is 57.4. The number of Topliss-reactive ketones (excluding diaryl/α,β-unsaturated/α-hetero) is 1. The van der Waals surface area contributed by atoms with E-state index in [0.717, 1.165) is 17.7 Å². The Morgan fingerprint density at radius 2 is 1.49 bits per heavy atom. The predicted octanol–water partition coefficient (Wildman–Crippen LogP) is 6.46. The summed E-state index contributed by atoms with van der Waals surface area (Å²) in [6.07, 6.45) is -15.7. The number of nitro benzene ring substituents is 1. The summed E-state index contributed by atoms with van der Waals surface area (Å²) in [5.41, 5.74) is -1.65. The summed E-state index contributed by atoms with van der Waals surface area (Å²) in [6, 6.07) is 13.8. The number of rotatable bonds is 23. The molecule has 2 unspecified atom stereocenters. The van der Waals surface area contributed by atoms with E-state index < -0.39 is 176 Å². The Kier molecular flexibility index (Phi) is 28.5. The van der Waals surface area contributed by atoms with E-state index in [1.807, 2.05) is 62.9 Å². The maximum Gasteiger partial charge on any atom is 0.408 e. The smallest absolute Gasteiger partial charge is 0.408 e. The molecule has 4 N–H and O–H groups in total. The molecule has 2 aromatic rings. The molecule has 6 rings (SSSR count). The number of oxime groups is 1. The van der Waals surface area contributed by atoms with Crippen LogP contribution in [0.1, 0.15) is 121 Å². The van der Waals surface area contributed by atoms with Gasteiger partial charge in [-0.1, -0.05) is 96.1 Å². The molecule has 1 amide bonds. The number of para-hydroxylation sites is 1. The van der Waals surface area contributed by atoms with Gasteiger partial charge >= 0.3 is 18.0 Å². The second kappa shape index (κ2) is 34.6. The normalized spacial score (nSPS) is 35.4. The predicted molar refractivity (Wildman–Crippen MR) is 337 cm³/mol. The van der Waals surface area contributed by atoms with Gasteiger partial charge in [-0.3, -0.25) is 29.4 Å². The molecule has 2 aromatic carbocycles. The van der Waals surface area contributed by atoms with Crippen LogP contribution in [0.2, 0.25) is 0 Å². The summed E-state index contributed by atoms with van der Waals surface area (Å²) < 4.78 is 100. The van der Waals surface area contributed by atoms with Gasteiger partial charge in [0.15, 0.2) is 35.1 Å². The topological polar surface area (TPSA) is 336 Å². The number of cyclic esters (lactones) is 1. The summed E-state index contributed by atoms with van der Waals surface area (Å²) in [4.78, 5) is 77.8. The molecule has 0 radical (unpaired) electrons. The van der Waals surface area contributed by atoms with Crippen molar-refractivity contribution in [3.05, 3.63) is 70.3 Å². The summed E-state index contributed by atoms with van der Waals surface area (Å²) in [6.45, 7) is 22.7. The zero-order valence-electron chi connectivity index (χ0n) is 56.6. The number of alkyl carbamates (subject to hydrolysis) is 1. The minimum atomic E-state index is -4.32. The van der Waals surface area contributed by atoms with Crippen molar-refractivity contribution in [1.82, 2.24) is 14.9 Å². The van der Waals surface area contributed by atoms with Crippen LogP contribution in [0.15, 0.2) is 64.6 Å². The Morgan fingerprint density at radius 1 is 0.828 bits per heavy atom.